The zero-order valence-corrected chi connectivity index (χ0v) is 20.1. The summed E-state index contributed by atoms with van der Waals surface area (Å²) in [6.07, 6.45) is 5.84. The summed E-state index contributed by atoms with van der Waals surface area (Å²) >= 11 is 12.3. The van der Waals surface area contributed by atoms with Gasteiger partial charge in [-0.05, 0) is 74.8 Å². The van der Waals surface area contributed by atoms with Gasteiger partial charge >= 0.3 is 0 Å². The van der Waals surface area contributed by atoms with E-state index < -0.39 is 0 Å². The third-order valence-corrected chi connectivity index (χ3v) is 8.24. The van der Waals surface area contributed by atoms with Gasteiger partial charge in [0.1, 0.15) is 0 Å². The molecule has 0 spiro atoms. The zero-order chi connectivity index (χ0) is 22.4. The molecule has 6 heteroatoms. The molecule has 3 heterocycles. The Morgan fingerprint density at radius 2 is 1.66 bits per heavy atom. The molecule has 2 aromatic carbocycles. The first-order valence-corrected chi connectivity index (χ1v) is 12.2. The molecule has 32 heavy (non-hydrogen) atoms. The lowest BCUT2D eigenvalue weighted by atomic mass is 9.85. The minimum atomic E-state index is 0.105. The van der Waals surface area contributed by atoms with Gasteiger partial charge < -0.3 is 0 Å². The van der Waals surface area contributed by atoms with Gasteiger partial charge in [-0.2, -0.15) is 0 Å². The summed E-state index contributed by atoms with van der Waals surface area (Å²) in [6, 6.07) is 17.0. The molecule has 0 amide bonds. The van der Waals surface area contributed by atoms with Crippen LogP contribution < -0.4 is 5.56 Å². The van der Waals surface area contributed by atoms with E-state index in [1.807, 2.05) is 54.2 Å². The summed E-state index contributed by atoms with van der Waals surface area (Å²) in [7, 11) is 1.98. The monoisotopic (exact) mass is 469 g/mol. The van der Waals surface area contributed by atoms with Gasteiger partial charge in [0, 0.05) is 31.4 Å². The van der Waals surface area contributed by atoms with E-state index >= 15 is 0 Å². The fourth-order valence-corrected chi connectivity index (χ4v) is 6.12. The number of fused-ring (bicyclic) bond motifs is 2. The third-order valence-electron chi connectivity index (χ3n) is 7.50. The average Bonchev–Trinajstić information content (AvgIpc) is 3.14. The second-order valence-corrected chi connectivity index (χ2v) is 10.2. The number of aromatic nitrogens is 2. The number of hydrogen-bond acceptors (Lipinski definition) is 2. The molecule has 0 radical (unpaired) electrons. The van der Waals surface area contributed by atoms with Crippen LogP contribution in [-0.2, 0) is 20.0 Å². The second kappa shape index (κ2) is 8.74. The fourth-order valence-electron chi connectivity index (χ4n) is 5.80. The second-order valence-electron chi connectivity index (χ2n) is 9.39. The highest BCUT2D eigenvalue weighted by atomic mass is 35.5. The highest BCUT2D eigenvalue weighted by Crippen LogP contribution is 2.41. The number of hydrogen-bond donors (Lipinski definition) is 0. The summed E-state index contributed by atoms with van der Waals surface area (Å²) in [4.78, 5) is 16.0. The normalized spacial score (nSPS) is 23.1. The maximum atomic E-state index is 13.4. The quantitative estimate of drug-likeness (QED) is 0.474. The van der Waals surface area contributed by atoms with Crippen LogP contribution in [-0.4, -0.2) is 26.3 Å². The number of para-hydroxylation sites is 1. The smallest absolute Gasteiger partial charge is 0.276 e. The first-order valence-electron chi connectivity index (χ1n) is 11.4. The lowest BCUT2D eigenvalue weighted by molar-refractivity contribution is 0.0956. The van der Waals surface area contributed by atoms with E-state index in [2.05, 4.69) is 17.9 Å². The van der Waals surface area contributed by atoms with Crippen LogP contribution in [0.2, 0.25) is 10.0 Å². The van der Waals surface area contributed by atoms with Crippen LogP contribution in [0.4, 0.5) is 0 Å². The van der Waals surface area contributed by atoms with Gasteiger partial charge in [0.2, 0.25) is 0 Å². The molecule has 5 rings (SSSR count). The molecule has 1 unspecified atom stereocenters. The molecule has 0 saturated carbocycles. The lowest BCUT2D eigenvalue weighted by Crippen LogP contribution is -2.43. The van der Waals surface area contributed by atoms with Crippen LogP contribution in [0.15, 0.2) is 53.3 Å². The van der Waals surface area contributed by atoms with Gasteiger partial charge in [-0.1, -0.05) is 47.5 Å². The molecule has 0 N–H and O–H groups in total. The number of nitrogens with zero attached hydrogens (tertiary/aromatic N) is 3. The predicted octanol–water partition coefficient (Wildman–Crippen LogP) is 5.78. The average molecular weight is 470 g/mol. The van der Waals surface area contributed by atoms with Crippen LogP contribution in [0.5, 0.6) is 0 Å². The number of benzene rings is 2. The van der Waals surface area contributed by atoms with Crippen LogP contribution in [0.1, 0.15) is 42.5 Å². The van der Waals surface area contributed by atoms with E-state index in [1.54, 1.807) is 4.68 Å². The van der Waals surface area contributed by atoms with Gasteiger partial charge in [0.15, 0.2) is 0 Å². The van der Waals surface area contributed by atoms with Crippen molar-refractivity contribution >= 4 is 23.2 Å². The van der Waals surface area contributed by atoms with Crippen molar-refractivity contribution < 1.29 is 0 Å². The summed E-state index contributed by atoms with van der Waals surface area (Å²) in [5, 5.41) is 1.25. The maximum absolute atomic E-state index is 13.4. The van der Waals surface area contributed by atoms with E-state index in [0.29, 0.717) is 28.0 Å². The van der Waals surface area contributed by atoms with E-state index in [4.69, 9.17) is 23.2 Å². The van der Waals surface area contributed by atoms with Crippen molar-refractivity contribution in [1.82, 2.24) is 14.3 Å². The Labute approximate surface area is 199 Å². The molecule has 2 bridgehead atoms. The molecule has 2 saturated heterocycles. The van der Waals surface area contributed by atoms with Crippen molar-refractivity contribution in [2.24, 2.45) is 13.0 Å². The Bertz CT molecular complexity index is 1170. The van der Waals surface area contributed by atoms with Crippen molar-refractivity contribution in [1.29, 1.82) is 0 Å². The molecule has 2 fully saturated rings. The SMILES string of the molecule is Cc1c(CN2[C@@H]3CC[C@H]2CC(Cc2ccc(Cl)c(Cl)c2)C3)c(=O)n(-c2ccccc2)n1C. The van der Waals surface area contributed by atoms with Crippen molar-refractivity contribution in [2.45, 2.75) is 57.7 Å². The number of halogens is 2. The van der Waals surface area contributed by atoms with Crippen molar-refractivity contribution in [3.63, 3.8) is 0 Å². The van der Waals surface area contributed by atoms with Crippen LogP contribution >= 0.6 is 23.2 Å². The minimum absolute atomic E-state index is 0.105. The van der Waals surface area contributed by atoms with Crippen molar-refractivity contribution in [3.8, 4) is 5.69 Å². The van der Waals surface area contributed by atoms with Crippen LogP contribution in [0.3, 0.4) is 0 Å². The first kappa shape index (κ1) is 21.8. The predicted molar refractivity (Wildman–Crippen MR) is 131 cm³/mol. The lowest BCUT2D eigenvalue weighted by Gasteiger charge is -2.39. The summed E-state index contributed by atoms with van der Waals surface area (Å²) in [5.74, 6) is 0.652. The van der Waals surface area contributed by atoms with E-state index in [1.165, 1.54) is 31.2 Å². The van der Waals surface area contributed by atoms with E-state index in [9.17, 15) is 4.79 Å². The molecule has 168 valence electrons. The van der Waals surface area contributed by atoms with E-state index in [0.717, 1.165) is 29.9 Å². The molecule has 4 nitrogen and oxygen atoms in total. The van der Waals surface area contributed by atoms with Crippen molar-refractivity contribution in [3.05, 3.63) is 85.8 Å². The van der Waals surface area contributed by atoms with Crippen LogP contribution in [0, 0.1) is 12.8 Å². The standard InChI is InChI=1S/C26H29Cl2N3O/c1-17-23(26(32)31(29(17)2)20-6-4-3-5-7-20)16-30-21-9-10-22(30)14-19(13-21)12-18-8-11-24(27)25(28)15-18/h3-8,11,15,19,21-22H,9-10,12-14,16H2,1-2H3/t19?,21-,22+. The summed E-state index contributed by atoms with van der Waals surface area (Å²) in [5.41, 5.74) is 4.26. The molecule has 2 aliphatic rings. The Morgan fingerprint density at radius 1 is 0.969 bits per heavy atom. The Hall–Kier alpha value is -2.01. The Kier molecular flexibility index (Phi) is 5.96. The van der Waals surface area contributed by atoms with Crippen molar-refractivity contribution in [2.75, 3.05) is 0 Å². The van der Waals surface area contributed by atoms with Gasteiger partial charge in [-0.3, -0.25) is 14.4 Å². The first-order chi connectivity index (χ1) is 15.4. The Morgan fingerprint density at radius 3 is 2.31 bits per heavy atom. The van der Waals surface area contributed by atoms with E-state index in [-0.39, 0.29) is 5.56 Å². The molecule has 2 aliphatic heterocycles. The number of piperidine rings is 1. The molecular formula is C26H29Cl2N3O. The topological polar surface area (TPSA) is 30.2 Å². The van der Waals surface area contributed by atoms with Crippen LogP contribution in [0.25, 0.3) is 5.69 Å². The fraction of sp³-hybridized carbons (Fsp3) is 0.423. The molecule has 1 aromatic heterocycles. The number of rotatable bonds is 5. The Balaban J connectivity index is 1.34. The largest absolute Gasteiger partial charge is 0.293 e. The highest BCUT2D eigenvalue weighted by molar-refractivity contribution is 6.42. The zero-order valence-electron chi connectivity index (χ0n) is 18.6. The molecular weight excluding hydrogens is 441 g/mol. The molecule has 3 atom stereocenters. The minimum Gasteiger partial charge on any atom is -0.293 e. The maximum Gasteiger partial charge on any atom is 0.276 e. The summed E-state index contributed by atoms with van der Waals surface area (Å²) < 4.78 is 3.79. The molecule has 3 aromatic rings. The molecule has 0 aliphatic carbocycles. The van der Waals surface area contributed by atoms with Gasteiger partial charge in [0.05, 0.1) is 21.3 Å². The van der Waals surface area contributed by atoms with Gasteiger partial charge in [0.25, 0.3) is 5.56 Å². The third kappa shape index (κ3) is 3.93. The van der Waals surface area contributed by atoms with Gasteiger partial charge in [-0.25, -0.2) is 4.68 Å². The summed E-state index contributed by atoms with van der Waals surface area (Å²) in [6.45, 7) is 2.81. The highest BCUT2D eigenvalue weighted by Gasteiger charge is 2.41. The van der Waals surface area contributed by atoms with Gasteiger partial charge in [-0.15, -0.1) is 0 Å².